The van der Waals surface area contributed by atoms with Gasteiger partial charge in [0, 0.05) is 19.8 Å². The Morgan fingerprint density at radius 3 is 2.72 bits per heavy atom. The van der Waals surface area contributed by atoms with Crippen molar-refractivity contribution in [1.82, 2.24) is 0 Å². The first-order valence-electron chi connectivity index (χ1n) is 6.94. The summed E-state index contributed by atoms with van der Waals surface area (Å²) in [5.41, 5.74) is 1.27. The molecule has 0 heterocycles. The molecule has 2 aliphatic rings. The first-order valence-corrected chi connectivity index (χ1v) is 8.81. The lowest BCUT2D eigenvalue weighted by molar-refractivity contribution is 0.303. The highest BCUT2D eigenvalue weighted by molar-refractivity contribution is 14.1. The van der Waals surface area contributed by atoms with Gasteiger partial charge in [-0.05, 0) is 94.2 Å². The minimum atomic E-state index is 0.679. The average Bonchev–Trinajstić information content (AvgIpc) is 3.18. The van der Waals surface area contributed by atoms with Crippen LogP contribution in [0.4, 0.5) is 5.69 Å². The highest BCUT2D eigenvalue weighted by Crippen LogP contribution is 2.44. The Hall–Kier alpha value is 0.230. The van der Waals surface area contributed by atoms with E-state index in [0.717, 1.165) is 11.8 Å². The molecule has 2 unspecified atom stereocenters. The van der Waals surface area contributed by atoms with Gasteiger partial charge in [-0.3, -0.25) is 0 Å². The topological polar surface area (TPSA) is 12.0 Å². The number of halogens is 2. The van der Waals surface area contributed by atoms with Gasteiger partial charge >= 0.3 is 0 Å². The molecule has 18 heavy (non-hydrogen) atoms. The highest BCUT2D eigenvalue weighted by Gasteiger charge is 2.34. The molecular weight excluding hydrogens is 401 g/mol. The van der Waals surface area contributed by atoms with Gasteiger partial charge in [0.15, 0.2) is 0 Å². The van der Waals surface area contributed by atoms with Crippen LogP contribution in [0.15, 0.2) is 22.7 Å². The Kier molecular flexibility index (Phi) is 4.18. The Morgan fingerprint density at radius 2 is 1.94 bits per heavy atom. The maximum Gasteiger partial charge on any atom is 0.0497 e. The summed E-state index contributed by atoms with van der Waals surface area (Å²) in [5.74, 6) is 2.06. The summed E-state index contributed by atoms with van der Waals surface area (Å²) >= 11 is 6.03. The Bertz CT molecular complexity index is 431. The van der Waals surface area contributed by atoms with E-state index in [4.69, 9.17) is 0 Å². The first kappa shape index (κ1) is 13.2. The zero-order valence-corrected chi connectivity index (χ0v) is 14.2. The van der Waals surface area contributed by atoms with E-state index in [-0.39, 0.29) is 0 Å². The van der Waals surface area contributed by atoms with Crippen LogP contribution >= 0.6 is 38.5 Å². The zero-order valence-electron chi connectivity index (χ0n) is 10.5. The number of nitrogens with one attached hydrogen (secondary N) is 1. The maximum atomic E-state index is 3.75. The van der Waals surface area contributed by atoms with Crippen molar-refractivity contribution >= 4 is 44.2 Å². The number of anilines is 1. The van der Waals surface area contributed by atoms with Gasteiger partial charge in [-0.2, -0.15) is 0 Å². The predicted molar refractivity (Wildman–Crippen MR) is 89.0 cm³/mol. The lowest BCUT2D eigenvalue weighted by Crippen LogP contribution is -2.28. The minimum absolute atomic E-state index is 0.679. The van der Waals surface area contributed by atoms with Crippen LogP contribution in [0.2, 0.25) is 0 Å². The fourth-order valence-corrected chi connectivity index (χ4v) is 4.03. The molecule has 0 radical (unpaired) electrons. The molecule has 3 heteroatoms. The molecular formula is C15H19BrIN. The molecule has 2 aliphatic carbocycles. The monoisotopic (exact) mass is 419 g/mol. The lowest BCUT2D eigenvalue weighted by Gasteiger charge is -2.31. The Balaban J connectivity index is 1.65. The van der Waals surface area contributed by atoms with E-state index in [9.17, 15) is 0 Å². The van der Waals surface area contributed by atoms with Gasteiger partial charge < -0.3 is 5.32 Å². The highest BCUT2D eigenvalue weighted by atomic mass is 127. The van der Waals surface area contributed by atoms with E-state index >= 15 is 0 Å². The van der Waals surface area contributed by atoms with Crippen molar-refractivity contribution in [3.8, 4) is 0 Å². The molecule has 0 aromatic heterocycles. The molecule has 0 aliphatic heterocycles. The van der Waals surface area contributed by atoms with E-state index in [1.54, 1.807) is 0 Å². The second-order valence-electron chi connectivity index (χ2n) is 5.73. The van der Waals surface area contributed by atoms with Crippen molar-refractivity contribution in [2.75, 3.05) is 5.32 Å². The largest absolute Gasteiger partial charge is 0.381 e. The number of hydrogen-bond acceptors (Lipinski definition) is 1. The average molecular weight is 420 g/mol. The summed E-state index contributed by atoms with van der Waals surface area (Å²) in [5, 5.41) is 3.75. The standard InChI is InChI=1S/C15H19BrIN/c16-14-7-6-12(17)9-15(14)18-13-3-1-2-11(8-13)10-4-5-10/h6-7,9-11,13,18H,1-5,8H2. The van der Waals surface area contributed by atoms with Gasteiger partial charge in [0.1, 0.15) is 0 Å². The molecule has 0 spiro atoms. The molecule has 1 N–H and O–H groups in total. The predicted octanol–water partition coefficient (Wildman–Crippen LogP) is 5.43. The fourth-order valence-electron chi connectivity index (χ4n) is 3.18. The van der Waals surface area contributed by atoms with Crippen LogP contribution in [0, 0.1) is 15.4 Å². The maximum absolute atomic E-state index is 3.75. The third-order valence-corrected chi connectivity index (χ3v) is 5.65. The molecule has 1 aromatic rings. The molecule has 1 nitrogen and oxygen atoms in total. The normalized spacial score (nSPS) is 28.1. The zero-order chi connectivity index (χ0) is 12.5. The minimum Gasteiger partial charge on any atom is -0.381 e. The quantitative estimate of drug-likeness (QED) is 0.643. The Morgan fingerprint density at radius 1 is 1.11 bits per heavy atom. The molecule has 2 fully saturated rings. The van der Waals surface area contributed by atoms with Crippen LogP contribution in [-0.4, -0.2) is 6.04 Å². The van der Waals surface area contributed by atoms with Crippen LogP contribution in [0.3, 0.4) is 0 Å². The molecule has 2 saturated carbocycles. The van der Waals surface area contributed by atoms with E-state index in [0.29, 0.717) is 6.04 Å². The van der Waals surface area contributed by atoms with Crippen molar-refractivity contribution < 1.29 is 0 Å². The molecule has 3 rings (SSSR count). The summed E-state index contributed by atoms with van der Waals surface area (Å²) in [6, 6.07) is 7.21. The van der Waals surface area contributed by atoms with Crippen molar-refractivity contribution in [3.05, 3.63) is 26.2 Å². The summed E-state index contributed by atoms with van der Waals surface area (Å²) in [6.07, 6.45) is 8.56. The number of rotatable bonds is 3. The van der Waals surface area contributed by atoms with Gasteiger partial charge in [0.25, 0.3) is 0 Å². The van der Waals surface area contributed by atoms with Gasteiger partial charge in [-0.25, -0.2) is 0 Å². The third kappa shape index (κ3) is 3.21. The number of hydrogen-bond donors (Lipinski definition) is 1. The summed E-state index contributed by atoms with van der Waals surface area (Å²) in [6.45, 7) is 0. The third-order valence-electron chi connectivity index (χ3n) is 4.29. The number of benzene rings is 1. The van der Waals surface area contributed by atoms with Crippen molar-refractivity contribution in [2.45, 2.75) is 44.6 Å². The van der Waals surface area contributed by atoms with Crippen LogP contribution in [0.25, 0.3) is 0 Å². The van der Waals surface area contributed by atoms with Crippen LogP contribution in [0.1, 0.15) is 38.5 Å². The second-order valence-corrected chi connectivity index (χ2v) is 7.83. The lowest BCUT2D eigenvalue weighted by atomic mass is 9.82. The van der Waals surface area contributed by atoms with Crippen molar-refractivity contribution in [3.63, 3.8) is 0 Å². The van der Waals surface area contributed by atoms with E-state index in [2.05, 4.69) is 62.0 Å². The molecule has 2 atom stereocenters. The van der Waals surface area contributed by atoms with E-state index < -0.39 is 0 Å². The van der Waals surface area contributed by atoms with Crippen LogP contribution < -0.4 is 5.32 Å². The Labute approximate surface area is 131 Å². The molecule has 0 saturated heterocycles. The van der Waals surface area contributed by atoms with Crippen LogP contribution in [0.5, 0.6) is 0 Å². The molecule has 1 aromatic carbocycles. The van der Waals surface area contributed by atoms with Gasteiger partial charge in [-0.1, -0.05) is 12.8 Å². The van der Waals surface area contributed by atoms with Gasteiger partial charge in [0.2, 0.25) is 0 Å². The molecule has 0 amide bonds. The summed E-state index contributed by atoms with van der Waals surface area (Å²) in [4.78, 5) is 0. The van der Waals surface area contributed by atoms with Gasteiger partial charge in [0.05, 0.1) is 0 Å². The van der Waals surface area contributed by atoms with Crippen molar-refractivity contribution in [1.29, 1.82) is 0 Å². The fraction of sp³-hybridized carbons (Fsp3) is 0.600. The molecule has 0 bridgehead atoms. The second kappa shape index (κ2) is 5.70. The summed E-state index contributed by atoms with van der Waals surface area (Å²) in [7, 11) is 0. The van der Waals surface area contributed by atoms with E-state index in [1.807, 2.05) is 0 Å². The van der Waals surface area contributed by atoms with E-state index in [1.165, 1.54) is 52.3 Å². The SMILES string of the molecule is Brc1ccc(I)cc1NC1CCCC(C2CC2)C1. The summed E-state index contributed by atoms with van der Waals surface area (Å²) < 4.78 is 2.49. The van der Waals surface area contributed by atoms with Crippen LogP contribution in [-0.2, 0) is 0 Å². The molecule has 98 valence electrons. The first-order chi connectivity index (χ1) is 8.72. The van der Waals surface area contributed by atoms with Gasteiger partial charge in [-0.15, -0.1) is 0 Å². The smallest absolute Gasteiger partial charge is 0.0497 e. The van der Waals surface area contributed by atoms with Crippen molar-refractivity contribution in [2.24, 2.45) is 11.8 Å².